The number of nitrogens with zero attached hydrogens (tertiary/aromatic N) is 2. The Hall–Kier alpha value is -2.17. The lowest BCUT2D eigenvalue weighted by Crippen LogP contribution is -2.07. The Morgan fingerprint density at radius 1 is 1.29 bits per heavy atom. The summed E-state index contributed by atoms with van der Waals surface area (Å²) in [6, 6.07) is 7.58. The molecule has 0 radical (unpaired) electrons. The fourth-order valence-corrected chi connectivity index (χ4v) is 1.33. The summed E-state index contributed by atoms with van der Waals surface area (Å²) in [7, 11) is 0. The van der Waals surface area contributed by atoms with Gasteiger partial charge in [0.1, 0.15) is 5.92 Å². The third kappa shape index (κ3) is 2.33. The first-order valence-corrected chi connectivity index (χ1v) is 5.21. The molecule has 0 spiro atoms. The van der Waals surface area contributed by atoms with Crippen molar-refractivity contribution in [2.75, 3.05) is 0 Å². The highest BCUT2D eigenvalue weighted by Crippen LogP contribution is 2.21. The minimum Gasteiger partial charge on any atom is -0.481 e. The van der Waals surface area contributed by atoms with Gasteiger partial charge in [0.15, 0.2) is 0 Å². The predicted octanol–water partition coefficient (Wildman–Crippen LogP) is 2.23. The number of carboxylic acids is 1. The molecule has 0 fully saturated rings. The Bertz CT molecular complexity index is 531. The van der Waals surface area contributed by atoms with Crippen LogP contribution in [0.5, 0.6) is 0 Å². The second-order valence-corrected chi connectivity index (χ2v) is 3.87. The van der Waals surface area contributed by atoms with Crippen LogP contribution in [0.2, 0.25) is 0 Å². The van der Waals surface area contributed by atoms with E-state index in [0.29, 0.717) is 5.89 Å². The first-order valence-electron chi connectivity index (χ1n) is 5.21. The summed E-state index contributed by atoms with van der Waals surface area (Å²) in [6.07, 6.45) is 0. The van der Waals surface area contributed by atoms with Crippen molar-refractivity contribution < 1.29 is 14.3 Å². The smallest absolute Gasteiger partial charge is 0.315 e. The molecule has 1 aromatic heterocycles. The first kappa shape index (κ1) is 11.3. The molecule has 1 aromatic carbocycles. The Labute approximate surface area is 98.1 Å². The zero-order valence-electron chi connectivity index (χ0n) is 9.54. The van der Waals surface area contributed by atoms with E-state index in [-0.39, 0.29) is 5.89 Å². The lowest BCUT2D eigenvalue weighted by atomic mass is 10.1. The van der Waals surface area contributed by atoms with Crippen LogP contribution in [0.15, 0.2) is 28.7 Å². The fraction of sp³-hybridized carbons (Fsp3) is 0.250. The van der Waals surface area contributed by atoms with E-state index in [1.165, 1.54) is 6.92 Å². The normalized spacial score (nSPS) is 12.4. The fourth-order valence-electron chi connectivity index (χ4n) is 1.33. The molecule has 1 heterocycles. The third-order valence-electron chi connectivity index (χ3n) is 2.48. The minimum atomic E-state index is -0.982. The van der Waals surface area contributed by atoms with Crippen LogP contribution in [0.4, 0.5) is 0 Å². The van der Waals surface area contributed by atoms with Gasteiger partial charge < -0.3 is 9.52 Å². The highest BCUT2D eigenvalue weighted by atomic mass is 16.4. The standard InChI is InChI=1S/C12H12N2O3/c1-7-3-5-9(6-4-7)11-14-13-10(17-11)8(2)12(15)16/h3-6,8H,1-2H3,(H,15,16). The highest BCUT2D eigenvalue weighted by Gasteiger charge is 2.20. The summed E-state index contributed by atoms with van der Waals surface area (Å²) in [4.78, 5) is 10.8. The molecule has 0 aliphatic rings. The maximum absolute atomic E-state index is 10.8. The van der Waals surface area contributed by atoms with Crippen LogP contribution < -0.4 is 0 Å². The summed E-state index contributed by atoms with van der Waals surface area (Å²) in [5.41, 5.74) is 1.92. The quantitative estimate of drug-likeness (QED) is 0.878. The van der Waals surface area contributed by atoms with Gasteiger partial charge in [-0.25, -0.2) is 0 Å². The van der Waals surface area contributed by atoms with E-state index < -0.39 is 11.9 Å². The molecule has 0 aliphatic heterocycles. The van der Waals surface area contributed by atoms with E-state index in [1.807, 2.05) is 31.2 Å². The monoisotopic (exact) mass is 232 g/mol. The zero-order valence-corrected chi connectivity index (χ0v) is 9.54. The van der Waals surface area contributed by atoms with E-state index in [2.05, 4.69) is 10.2 Å². The van der Waals surface area contributed by atoms with Crippen molar-refractivity contribution >= 4 is 5.97 Å². The molecule has 2 aromatic rings. The summed E-state index contributed by atoms with van der Waals surface area (Å²) >= 11 is 0. The molecule has 0 bridgehead atoms. The number of hydrogen-bond donors (Lipinski definition) is 1. The summed E-state index contributed by atoms with van der Waals surface area (Å²) < 4.78 is 5.33. The van der Waals surface area contributed by atoms with Gasteiger partial charge in [-0.2, -0.15) is 0 Å². The number of aromatic nitrogens is 2. The van der Waals surface area contributed by atoms with Crippen molar-refractivity contribution in [3.63, 3.8) is 0 Å². The second kappa shape index (κ2) is 4.37. The molecular weight excluding hydrogens is 220 g/mol. The van der Waals surface area contributed by atoms with Gasteiger partial charge in [-0.15, -0.1) is 10.2 Å². The highest BCUT2D eigenvalue weighted by molar-refractivity contribution is 5.74. The van der Waals surface area contributed by atoms with E-state index in [1.54, 1.807) is 0 Å². The second-order valence-electron chi connectivity index (χ2n) is 3.87. The lowest BCUT2D eigenvalue weighted by Gasteiger charge is -1.98. The molecule has 0 amide bonds. The van der Waals surface area contributed by atoms with Gasteiger partial charge in [0.25, 0.3) is 0 Å². The Balaban J connectivity index is 2.29. The van der Waals surface area contributed by atoms with Crippen LogP contribution in [0.25, 0.3) is 11.5 Å². The molecule has 5 nitrogen and oxygen atoms in total. The largest absolute Gasteiger partial charge is 0.481 e. The van der Waals surface area contributed by atoms with Crippen LogP contribution in [-0.4, -0.2) is 21.3 Å². The average molecular weight is 232 g/mol. The lowest BCUT2D eigenvalue weighted by molar-refractivity contribution is -0.138. The van der Waals surface area contributed by atoms with Crippen molar-refractivity contribution in [3.8, 4) is 11.5 Å². The number of hydrogen-bond acceptors (Lipinski definition) is 4. The van der Waals surface area contributed by atoms with Gasteiger partial charge in [-0.3, -0.25) is 4.79 Å². The van der Waals surface area contributed by atoms with Gasteiger partial charge in [-0.1, -0.05) is 17.7 Å². The number of aryl methyl sites for hydroxylation is 1. The number of benzene rings is 1. The number of rotatable bonds is 3. The molecule has 0 saturated heterocycles. The maximum atomic E-state index is 10.8. The molecule has 0 aliphatic carbocycles. The van der Waals surface area contributed by atoms with Gasteiger partial charge >= 0.3 is 5.97 Å². The Morgan fingerprint density at radius 2 is 1.94 bits per heavy atom. The first-order chi connectivity index (χ1) is 8.08. The van der Waals surface area contributed by atoms with E-state index in [4.69, 9.17) is 9.52 Å². The summed E-state index contributed by atoms with van der Waals surface area (Å²) in [5.74, 6) is -1.31. The summed E-state index contributed by atoms with van der Waals surface area (Å²) in [6.45, 7) is 3.49. The van der Waals surface area contributed by atoms with E-state index in [0.717, 1.165) is 11.1 Å². The molecule has 5 heteroatoms. The Morgan fingerprint density at radius 3 is 2.53 bits per heavy atom. The molecule has 2 rings (SSSR count). The van der Waals surface area contributed by atoms with Crippen LogP contribution in [0.1, 0.15) is 24.3 Å². The van der Waals surface area contributed by atoms with E-state index >= 15 is 0 Å². The number of carbonyl (C=O) groups is 1. The van der Waals surface area contributed by atoms with Crippen LogP contribution >= 0.6 is 0 Å². The van der Waals surface area contributed by atoms with Gasteiger partial charge in [0.05, 0.1) is 0 Å². The van der Waals surface area contributed by atoms with Crippen molar-refractivity contribution in [2.24, 2.45) is 0 Å². The number of aliphatic carboxylic acids is 1. The number of carboxylic acid groups (broad SMARTS) is 1. The molecule has 1 unspecified atom stereocenters. The van der Waals surface area contributed by atoms with Crippen LogP contribution in [-0.2, 0) is 4.79 Å². The van der Waals surface area contributed by atoms with E-state index in [9.17, 15) is 4.79 Å². The Kier molecular flexibility index (Phi) is 2.91. The maximum Gasteiger partial charge on any atom is 0.315 e. The molecule has 1 atom stereocenters. The molecule has 88 valence electrons. The van der Waals surface area contributed by atoms with Gasteiger partial charge in [0, 0.05) is 5.56 Å². The van der Waals surface area contributed by atoms with Crippen molar-refractivity contribution in [2.45, 2.75) is 19.8 Å². The van der Waals surface area contributed by atoms with Crippen molar-refractivity contribution in [1.29, 1.82) is 0 Å². The molecular formula is C12H12N2O3. The third-order valence-corrected chi connectivity index (χ3v) is 2.48. The van der Waals surface area contributed by atoms with Gasteiger partial charge in [-0.05, 0) is 26.0 Å². The SMILES string of the molecule is Cc1ccc(-c2nnc(C(C)C(=O)O)o2)cc1. The summed E-state index contributed by atoms with van der Waals surface area (Å²) in [5, 5.41) is 16.4. The molecule has 17 heavy (non-hydrogen) atoms. The van der Waals surface area contributed by atoms with Crippen molar-refractivity contribution in [1.82, 2.24) is 10.2 Å². The minimum absolute atomic E-state index is 0.119. The topological polar surface area (TPSA) is 76.2 Å². The van der Waals surface area contributed by atoms with Crippen molar-refractivity contribution in [3.05, 3.63) is 35.7 Å². The average Bonchev–Trinajstić information content (AvgIpc) is 2.78. The molecule has 1 N–H and O–H groups in total. The molecule has 0 saturated carbocycles. The van der Waals surface area contributed by atoms with Gasteiger partial charge in [0.2, 0.25) is 11.8 Å². The zero-order chi connectivity index (χ0) is 12.4. The predicted molar refractivity (Wildman–Crippen MR) is 60.5 cm³/mol. The van der Waals surface area contributed by atoms with Crippen LogP contribution in [0.3, 0.4) is 0 Å². The van der Waals surface area contributed by atoms with Crippen LogP contribution in [0, 0.1) is 6.92 Å².